The molecule has 2 amide bonds. The Labute approximate surface area is 137 Å². The summed E-state index contributed by atoms with van der Waals surface area (Å²) in [7, 11) is 0. The topological polar surface area (TPSA) is 71.1 Å². The highest BCUT2D eigenvalue weighted by atomic mass is 32.1. The van der Waals surface area contributed by atoms with Crippen molar-refractivity contribution in [2.24, 2.45) is 11.8 Å². The maximum absolute atomic E-state index is 13.2. The van der Waals surface area contributed by atoms with Gasteiger partial charge in [-0.15, -0.1) is 11.3 Å². The van der Waals surface area contributed by atoms with Crippen molar-refractivity contribution in [1.29, 1.82) is 0 Å². The third-order valence-electron chi connectivity index (χ3n) is 3.78. The minimum Gasteiger partial charge on any atom is -0.344 e. The van der Waals surface area contributed by atoms with Crippen molar-refractivity contribution < 1.29 is 18.4 Å². The summed E-state index contributed by atoms with van der Waals surface area (Å²) in [5, 5.41) is 7.46. The zero-order valence-corrected chi connectivity index (χ0v) is 14.0. The number of alkyl halides is 2. The van der Waals surface area contributed by atoms with Gasteiger partial charge >= 0.3 is 0 Å². The Morgan fingerprint density at radius 1 is 1.48 bits per heavy atom. The summed E-state index contributed by atoms with van der Waals surface area (Å²) in [4.78, 5) is 28.5. The van der Waals surface area contributed by atoms with Crippen molar-refractivity contribution in [1.82, 2.24) is 10.3 Å². The molecule has 1 aliphatic rings. The SMILES string of the molecule is CC(C)CC(NC(=O)C1CCC(F)(F)C1)C(=O)Nc1nccs1. The number of carbonyl (C=O) groups is 2. The number of hydrogen-bond donors (Lipinski definition) is 2. The van der Waals surface area contributed by atoms with Gasteiger partial charge in [-0.25, -0.2) is 13.8 Å². The first-order valence-corrected chi connectivity index (χ1v) is 8.53. The molecule has 2 atom stereocenters. The van der Waals surface area contributed by atoms with Gasteiger partial charge in [0.05, 0.1) is 0 Å². The van der Waals surface area contributed by atoms with E-state index in [-0.39, 0.29) is 24.7 Å². The number of carbonyl (C=O) groups excluding carboxylic acids is 2. The molecule has 1 aliphatic carbocycles. The molecule has 0 spiro atoms. The van der Waals surface area contributed by atoms with Crippen molar-refractivity contribution in [3.05, 3.63) is 11.6 Å². The Morgan fingerprint density at radius 3 is 2.74 bits per heavy atom. The number of nitrogens with one attached hydrogen (secondary N) is 2. The molecule has 2 N–H and O–H groups in total. The van der Waals surface area contributed by atoms with E-state index in [1.54, 1.807) is 11.6 Å². The smallest absolute Gasteiger partial charge is 0.248 e. The predicted molar refractivity (Wildman–Crippen MR) is 84.4 cm³/mol. The molecular weight excluding hydrogens is 324 g/mol. The van der Waals surface area contributed by atoms with E-state index in [2.05, 4.69) is 15.6 Å². The Bertz CT molecular complexity index is 549. The summed E-state index contributed by atoms with van der Waals surface area (Å²) in [6, 6.07) is -0.749. The first kappa shape index (κ1) is 17.8. The number of halogens is 2. The molecule has 1 aromatic rings. The van der Waals surface area contributed by atoms with Gasteiger partial charge in [-0.2, -0.15) is 0 Å². The second-order valence-electron chi connectivity index (χ2n) is 6.31. The Kier molecular flexibility index (Phi) is 5.67. The van der Waals surface area contributed by atoms with E-state index in [9.17, 15) is 18.4 Å². The molecule has 0 bridgehead atoms. The average Bonchev–Trinajstić information content (AvgIpc) is 3.06. The lowest BCUT2D eigenvalue weighted by atomic mass is 10.0. The fourth-order valence-electron chi connectivity index (χ4n) is 2.64. The van der Waals surface area contributed by atoms with Gasteiger partial charge in [-0.05, 0) is 18.8 Å². The second-order valence-corrected chi connectivity index (χ2v) is 7.21. The van der Waals surface area contributed by atoms with Crippen LogP contribution in [0.25, 0.3) is 0 Å². The van der Waals surface area contributed by atoms with Crippen LogP contribution in [-0.2, 0) is 9.59 Å². The highest BCUT2D eigenvalue weighted by Gasteiger charge is 2.43. The van der Waals surface area contributed by atoms with Crippen LogP contribution in [0.3, 0.4) is 0 Å². The van der Waals surface area contributed by atoms with Gasteiger partial charge in [0.15, 0.2) is 5.13 Å². The van der Waals surface area contributed by atoms with E-state index in [1.807, 2.05) is 13.8 Å². The van der Waals surface area contributed by atoms with Gasteiger partial charge in [0, 0.05) is 30.3 Å². The van der Waals surface area contributed by atoms with Crippen LogP contribution in [0.4, 0.5) is 13.9 Å². The molecule has 2 rings (SSSR count). The molecular formula is C15H21F2N3O2S. The van der Waals surface area contributed by atoms with Crippen molar-refractivity contribution >= 4 is 28.3 Å². The molecule has 0 aliphatic heterocycles. The number of aromatic nitrogens is 1. The van der Waals surface area contributed by atoms with Crippen molar-refractivity contribution in [2.75, 3.05) is 5.32 Å². The van der Waals surface area contributed by atoms with Crippen LogP contribution in [0.15, 0.2) is 11.6 Å². The highest BCUT2D eigenvalue weighted by molar-refractivity contribution is 7.13. The van der Waals surface area contributed by atoms with Gasteiger partial charge in [0.2, 0.25) is 17.7 Å². The quantitative estimate of drug-likeness (QED) is 0.832. The summed E-state index contributed by atoms with van der Waals surface area (Å²) in [6.07, 6.45) is 1.44. The Balaban J connectivity index is 1.97. The Morgan fingerprint density at radius 2 is 2.22 bits per heavy atom. The van der Waals surface area contributed by atoms with E-state index in [4.69, 9.17) is 0 Å². The molecule has 1 saturated carbocycles. The number of amides is 2. The zero-order valence-electron chi connectivity index (χ0n) is 13.1. The fourth-order valence-corrected chi connectivity index (χ4v) is 3.18. The van der Waals surface area contributed by atoms with Crippen molar-refractivity contribution in [3.63, 3.8) is 0 Å². The minimum atomic E-state index is -2.78. The zero-order chi connectivity index (χ0) is 17.0. The standard InChI is InChI=1S/C15H21F2N3O2S/c1-9(2)7-11(13(22)20-14-18-5-6-23-14)19-12(21)10-3-4-15(16,17)8-10/h5-6,9-11H,3-4,7-8H2,1-2H3,(H,19,21)(H,18,20,22). The second kappa shape index (κ2) is 7.33. The van der Waals surface area contributed by atoms with E-state index < -0.39 is 30.2 Å². The fraction of sp³-hybridized carbons (Fsp3) is 0.667. The first-order chi connectivity index (χ1) is 10.8. The van der Waals surface area contributed by atoms with Crippen LogP contribution in [0.5, 0.6) is 0 Å². The van der Waals surface area contributed by atoms with Crippen LogP contribution in [0, 0.1) is 11.8 Å². The van der Waals surface area contributed by atoms with E-state index in [1.165, 1.54) is 11.3 Å². The van der Waals surface area contributed by atoms with Crippen LogP contribution < -0.4 is 10.6 Å². The molecule has 1 heterocycles. The summed E-state index contributed by atoms with van der Waals surface area (Å²) >= 11 is 1.28. The number of rotatable bonds is 6. The number of thiazole rings is 1. The van der Waals surface area contributed by atoms with Gasteiger partial charge < -0.3 is 10.6 Å². The van der Waals surface area contributed by atoms with Gasteiger partial charge in [-0.3, -0.25) is 9.59 Å². The summed E-state index contributed by atoms with van der Waals surface area (Å²) in [6.45, 7) is 3.86. The van der Waals surface area contributed by atoms with Crippen molar-refractivity contribution in [2.45, 2.75) is 51.5 Å². The molecule has 1 aromatic heterocycles. The Hall–Kier alpha value is -1.57. The van der Waals surface area contributed by atoms with Crippen LogP contribution in [0.1, 0.15) is 39.5 Å². The normalized spacial score (nSPS) is 21.2. The largest absolute Gasteiger partial charge is 0.344 e. The molecule has 0 radical (unpaired) electrons. The maximum atomic E-state index is 13.2. The first-order valence-electron chi connectivity index (χ1n) is 7.65. The molecule has 2 unspecified atom stereocenters. The number of anilines is 1. The van der Waals surface area contributed by atoms with Gasteiger partial charge in [0.1, 0.15) is 6.04 Å². The van der Waals surface area contributed by atoms with E-state index in [0.717, 1.165) is 0 Å². The highest BCUT2D eigenvalue weighted by Crippen LogP contribution is 2.38. The summed E-state index contributed by atoms with van der Waals surface area (Å²) < 4.78 is 26.5. The molecule has 23 heavy (non-hydrogen) atoms. The third-order valence-corrected chi connectivity index (χ3v) is 4.47. The number of hydrogen-bond acceptors (Lipinski definition) is 4. The minimum absolute atomic E-state index is 0.154. The lowest BCUT2D eigenvalue weighted by molar-refractivity contribution is -0.130. The summed E-state index contributed by atoms with van der Waals surface area (Å²) in [5.74, 6) is -4.17. The van der Waals surface area contributed by atoms with Crippen LogP contribution in [0.2, 0.25) is 0 Å². The molecule has 1 fully saturated rings. The molecule has 5 nitrogen and oxygen atoms in total. The van der Waals surface area contributed by atoms with Crippen LogP contribution >= 0.6 is 11.3 Å². The van der Waals surface area contributed by atoms with Crippen molar-refractivity contribution in [3.8, 4) is 0 Å². The van der Waals surface area contributed by atoms with E-state index >= 15 is 0 Å². The molecule has 128 valence electrons. The molecule has 0 aromatic carbocycles. The van der Waals surface area contributed by atoms with Gasteiger partial charge in [0.25, 0.3) is 0 Å². The van der Waals surface area contributed by atoms with Gasteiger partial charge in [-0.1, -0.05) is 13.8 Å². The predicted octanol–water partition coefficient (Wildman–Crippen LogP) is 3.05. The lowest BCUT2D eigenvalue weighted by Crippen LogP contribution is -2.46. The molecule has 8 heteroatoms. The summed E-state index contributed by atoms with van der Waals surface area (Å²) in [5.41, 5.74) is 0. The van der Waals surface area contributed by atoms with E-state index in [0.29, 0.717) is 11.6 Å². The molecule has 0 saturated heterocycles. The van der Waals surface area contributed by atoms with Crippen LogP contribution in [-0.4, -0.2) is 28.8 Å². The number of nitrogens with zero attached hydrogens (tertiary/aromatic N) is 1. The maximum Gasteiger partial charge on any atom is 0.248 e. The average molecular weight is 345 g/mol. The monoisotopic (exact) mass is 345 g/mol. The third kappa shape index (κ3) is 5.23. The lowest BCUT2D eigenvalue weighted by Gasteiger charge is -2.21.